The highest BCUT2D eigenvalue weighted by Gasteiger charge is 2.12. The Hall–Kier alpha value is -1.99. The van der Waals surface area contributed by atoms with E-state index >= 15 is 0 Å². The third-order valence-corrected chi connectivity index (χ3v) is 4.01. The normalized spacial score (nSPS) is 10.6. The number of rotatable bonds is 7. The maximum Gasteiger partial charge on any atom is 0.387 e. The Balaban J connectivity index is 1.87. The molecule has 23 heavy (non-hydrogen) atoms. The van der Waals surface area contributed by atoms with Crippen LogP contribution >= 0.6 is 22.9 Å². The van der Waals surface area contributed by atoms with Crippen molar-refractivity contribution in [3.8, 4) is 5.75 Å². The molecule has 122 valence electrons. The van der Waals surface area contributed by atoms with Gasteiger partial charge in [-0.15, -0.1) is 11.3 Å². The maximum atomic E-state index is 12.1. The van der Waals surface area contributed by atoms with Gasteiger partial charge in [-0.3, -0.25) is 9.59 Å². The summed E-state index contributed by atoms with van der Waals surface area (Å²) < 4.78 is 28.4. The Morgan fingerprint density at radius 2 is 2.04 bits per heavy atom. The number of thiophene rings is 1. The summed E-state index contributed by atoms with van der Waals surface area (Å²) in [7, 11) is 0. The van der Waals surface area contributed by atoms with E-state index in [0.29, 0.717) is 10.6 Å². The molecule has 1 aromatic heterocycles. The van der Waals surface area contributed by atoms with Gasteiger partial charge in [-0.1, -0.05) is 17.7 Å². The lowest BCUT2D eigenvalue weighted by Gasteiger charge is -2.09. The van der Waals surface area contributed by atoms with E-state index in [9.17, 15) is 18.4 Å². The van der Waals surface area contributed by atoms with Crippen molar-refractivity contribution in [2.45, 2.75) is 19.5 Å². The molecule has 1 N–H and O–H groups in total. The highest BCUT2D eigenvalue weighted by atomic mass is 35.5. The van der Waals surface area contributed by atoms with Crippen LogP contribution in [0.15, 0.2) is 35.7 Å². The highest BCUT2D eigenvalue weighted by molar-refractivity contribution is 7.12. The van der Waals surface area contributed by atoms with Gasteiger partial charge in [0.1, 0.15) is 5.75 Å². The lowest BCUT2D eigenvalue weighted by Crippen LogP contribution is -2.13. The predicted octanol–water partition coefficient (Wildman–Crippen LogP) is 4.60. The number of amides is 1. The van der Waals surface area contributed by atoms with E-state index in [1.165, 1.54) is 29.5 Å². The number of Topliss-reactive ketones (excluding diaryl/α,β-unsaturated/α-hetero) is 1. The van der Waals surface area contributed by atoms with E-state index in [4.69, 9.17) is 11.6 Å². The standard InChI is InChI=1S/C15H12ClF2NO3S/c16-10-8-9(3-5-12(10)22-15(17)18)19-14(21)6-4-11(20)13-2-1-7-23-13/h1-3,5,7-8,15H,4,6H2,(H,19,21). The number of carbonyl (C=O) groups is 2. The van der Waals surface area contributed by atoms with Gasteiger partial charge in [0.15, 0.2) is 5.78 Å². The van der Waals surface area contributed by atoms with Crippen LogP contribution in [0.2, 0.25) is 5.02 Å². The van der Waals surface area contributed by atoms with Gasteiger partial charge in [0.25, 0.3) is 0 Å². The topological polar surface area (TPSA) is 55.4 Å². The molecule has 4 nitrogen and oxygen atoms in total. The van der Waals surface area contributed by atoms with Crippen molar-refractivity contribution >= 4 is 40.3 Å². The number of hydrogen-bond acceptors (Lipinski definition) is 4. The number of benzene rings is 1. The number of hydrogen-bond donors (Lipinski definition) is 1. The number of nitrogens with one attached hydrogen (secondary N) is 1. The molecule has 0 spiro atoms. The van der Waals surface area contributed by atoms with E-state index in [-0.39, 0.29) is 35.3 Å². The molecule has 8 heteroatoms. The van der Waals surface area contributed by atoms with E-state index in [2.05, 4.69) is 10.1 Å². The van der Waals surface area contributed by atoms with Crippen molar-refractivity contribution in [2.24, 2.45) is 0 Å². The Bertz CT molecular complexity index is 692. The molecule has 0 unspecified atom stereocenters. The monoisotopic (exact) mass is 359 g/mol. The zero-order valence-electron chi connectivity index (χ0n) is 11.7. The largest absolute Gasteiger partial charge is 0.433 e. The minimum Gasteiger partial charge on any atom is -0.433 e. The zero-order valence-corrected chi connectivity index (χ0v) is 13.3. The summed E-state index contributed by atoms with van der Waals surface area (Å²) in [4.78, 5) is 24.2. The molecule has 0 aliphatic carbocycles. The second-order valence-electron chi connectivity index (χ2n) is 4.47. The van der Waals surface area contributed by atoms with Gasteiger partial charge in [0.05, 0.1) is 9.90 Å². The molecule has 0 saturated carbocycles. The predicted molar refractivity (Wildman–Crippen MR) is 84.6 cm³/mol. The van der Waals surface area contributed by atoms with Gasteiger partial charge in [-0.2, -0.15) is 8.78 Å². The lowest BCUT2D eigenvalue weighted by atomic mass is 10.2. The summed E-state index contributed by atoms with van der Waals surface area (Å²) in [5.41, 5.74) is 0.338. The Kier molecular flexibility index (Phi) is 6.06. The minimum atomic E-state index is -2.98. The Morgan fingerprint density at radius 3 is 2.65 bits per heavy atom. The van der Waals surface area contributed by atoms with Crippen molar-refractivity contribution in [3.05, 3.63) is 45.6 Å². The third-order valence-electron chi connectivity index (χ3n) is 2.81. The Labute approximate surface area is 140 Å². The third kappa shape index (κ3) is 5.30. The average molecular weight is 360 g/mol. The molecule has 1 aromatic carbocycles. The number of anilines is 1. The van der Waals surface area contributed by atoms with Crippen LogP contribution in [0.25, 0.3) is 0 Å². The summed E-state index contributed by atoms with van der Waals surface area (Å²) in [6.07, 6.45) is 0.107. The van der Waals surface area contributed by atoms with Crippen LogP contribution in [0.1, 0.15) is 22.5 Å². The molecule has 0 bridgehead atoms. The number of ether oxygens (including phenoxy) is 1. The lowest BCUT2D eigenvalue weighted by molar-refractivity contribution is -0.116. The molecular formula is C15H12ClF2NO3S. The quantitative estimate of drug-likeness (QED) is 0.735. The summed E-state index contributed by atoms with van der Waals surface area (Å²) in [5.74, 6) is -0.644. The van der Waals surface area contributed by atoms with Gasteiger partial charge in [-0.05, 0) is 29.6 Å². The van der Waals surface area contributed by atoms with Gasteiger partial charge in [0, 0.05) is 18.5 Å². The summed E-state index contributed by atoms with van der Waals surface area (Å²) in [5, 5.41) is 4.29. The molecule has 0 saturated heterocycles. The van der Waals surface area contributed by atoms with Crippen molar-refractivity contribution < 1.29 is 23.1 Å². The molecule has 2 aromatic rings. The van der Waals surface area contributed by atoms with Crippen LogP contribution in [0.5, 0.6) is 5.75 Å². The second kappa shape index (κ2) is 8.03. The van der Waals surface area contributed by atoms with Crippen LogP contribution < -0.4 is 10.1 Å². The summed E-state index contributed by atoms with van der Waals surface area (Å²) >= 11 is 7.11. The average Bonchev–Trinajstić information content (AvgIpc) is 3.01. The molecule has 0 atom stereocenters. The zero-order chi connectivity index (χ0) is 16.8. The second-order valence-corrected chi connectivity index (χ2v) is 5.83. The molecular weight excluding hydrogens is 348 g/mol. The first-order valence-corrected chi connectivity index (χ1v) is 7.82. The van der Waals surface area contributed by atoms with E-state index in [1.807, 2.05) is 0 Å². The fraction of sp³-hybridized carbons (Fsp3) is 0.200. The maximum absolute atomic E-state index is 12.1. The van der Waals surface area contributed by atoms with Crippen LogP contribution in [0.4, 0.5) is 14.5 Å². The van der Waals surface area contributed by atoms with E-state index in [1.54, 1.807) is 17.5 Å². The van der Waals surface area contributed by atoms with E-state index < -0.39 is 6.61 Å². The van der Waals surface area contributed by atoms with Crippen molar-refractivity contribution in [3.63, 3.8) is 0 Å². The first-order valence-electron chi connectivity index (χ1n) is 6.56. The highest BCUT2D eigenvalue weighted by Crippen LogP contribution is 2.29. The fourth-order valence-electron chi connectivity index (χ4n) is 1.78. The smallest absolute Gasteiger partial charge is 0.387 e. The van der Waals surface area contributed by atoms with Crippen molar-refractivity contribution in [2.75, 3.05) is 5.32 Å². The number of carbonyl (C=O) groups excluding carboxylic acids is 2. The van der Waals surface area contributed by atoms with Crippen LogP contribution in [-0.2, 0) is 4.79 Å². The molecule has 2 rings (SSSR count). The van der Waals surface area contributed by atoms with Gasteiger partial charge in [-0.25, -0.2) is 0 Å². The molecule has 0 aliphatic rings. The molecule has 1 heterocycles. The van der Waals surface area contributed by atoms with E-state index in [0.717, 1.165) is 0 Å². The number of halogens is 3. The first-order chi connectivity index (χ1) is 11.0. The van der Waals surface area contributed by atoms with Crippen molar-refractivity contribution in [1.29, 1.82) is 0 Å². The van der Waals surface area contributed by atoms with Gasteiger partial charge >= 0.3 is 6.61 Å². The minimum absolute atomic E-state index is 0.0175. The van der Waals surface area contributed by atoms with Crippen LogP contribution in [-0.4, -0.2) is 18.3 Å². The molecule has 0 aliphatic heterocycles. The fourth-order valence-corrected chi connectivity index (χ4v) is 2.70. The number of ketones is 1. The van der Waals surface area contributed by atoms with Gasteiger partial charge < -0.3 is 10.1 Å². The SMILES string of the molecule is O=C(CCC(=O)c1cccs1)Nc1ccc(OC(F)F)c(Cl)c1. The summed E-state index contributed by atoms with van der Waals surface area (Å²) in [6.45, 7) is -2.98. The van der Waals surface area contributed by atoms with Crippen molar-refractivity contribution in [1.82, 2.24) is 0 Å². The van der Waals surface area contributed by atoms with Crippen LogP contribution in [0.3, 0.4) is 0 Å². The molecule has 0 radical (unpaired) electrons. The van der Waals surface area contributed by atoms with Gasteiger partial charge in [0.2, 0.25) is 5.91 Å². The first kappa shape index (κ1) is 17.4. The Morgan fingerprint density at radius 1 is 1.26 bits per heavy atom. The summed E-state index contributed by atoms with van der Waals surface area (Å²) in [6, 6.07) is 7.40. The number of alkyl halides is 2. The van der Waals surface area contributed by atoms with Crippen LogP contribution in [0, 0.1) is 0 Å². The molecule has 0 fully saturated rings. The molecule has 1 amide bonds.